The second-order valence-corrected chi connectivity index (χ2v) is 6.80. The number of carbonyl (C=O) groups is 3. The average Bonchev–Trinajstić information content (AvgIpc) is 3.26. The Balaban J connectivity index is 1.47. The minimum Gasteiger partial charge on any atom is -0.467 e. The molecule has 0 aliphatic carbocycles. The Morgan fingerprint density at radius 1 is 1.37 bits per heavy atom. The number of furan rings is 1. The van der Waals surface area contributed by atoms with Gasteiger partial charge < -0.3 is 19.4 Å². The van der Waals surface area contributed by atoms with Crippen molar-refractivity contribution in [2.75, 3.05) is 18.5 Å². The lowest BCUT2D eigenvalue weighted by Gasteiger charge is -2.14. The molecule has 7 nitrogen and oxygen atoms in total. The fraction of sp³-hybridized carbons (Fsp3) is 0.316. The molecular weight excluding hydrogens is 372 g/mol. The summed E-state index contributed by atoms with van der Waals surface area (Å²) in [6, 6.07) is 8.71. The molecule has 1 aliphatic heterocycles. The van der Waals surface area contributed by atoms with Gasteiger partial charge in [-0.2, -0.15) is 0 Å². The zero-order valence-electron chi connectivity index (χ0n) is 14.7. The summed E-state index contributed by atoms with van der Waals surface area (Å²) in [5.74, 6) is -1.17. The van der Waals surface area contributed by atoms with E-state index in [1.165, 1.54) is 11.2 Å². The number of carbonyl (C=O) groups excluding carboxylic acids is 3. The van der Waals surface area contributed by atoms with Crippen LogP contribution in [0.3, 0.4) is 0 Å². The summed E-state index contributed by atoms with van der Waals surface area (Å²) >= 11 is 6.06. The van der Waals surface area contributed by atoms with Crippen LogP contribution in [0.5, 0.6) is 0 Å². The molecule has 1 N–H and O–H groups in total. The van der Waals surface area contributed by atoms with E-state index in [1.807, 2.05) is 13.0 Å². The number of aryl methyl sites for hydroxylation is 1. The molecule has 1 aromatic carbocycles. The number of benzene rings is 1. The molecular formula is C19H19ClN2O5. The van der Waals surface area contributed by atoms with Crippen LogP contribution in [0.4, 0.5) is 5.69 Å². The van der Waals surface area contributed by atoms with Crippen LogP contribution in [-0.2, 0) is 25.7 Å². The van der Waals surface area contributed by atoms with Gasteiger partial charge in [0.1, 0.15) is 5.76 Å². The summed E-state index contributed by atoms with van der Waals surface area (Å²) in [6.45, 7) is 2.00. The first kappa shape index (κ1) is 19.0. The number of anilines is 1. The second-order valence-electron chi connectivity index (χ2n) is 6.39. The van der Waals surface area contributed by atoms with E-state index in [9.17, 15) is 14.4 Å². The quantitative estimate of drug-likeness (QED) is 0.766. The van der Waals surface area contributed by atoms with Gasteiger partial charge in [-0.1, -0.05) is 17.7 Å². The first-order valence-electron chi connectivity index (χ1n) is 8.45. The normalized spacial score (nSPS) is 16.4. The Morgan fingerprint density at radius 2 is 2.19 bits per heavy atom. The molecule has 1 atom stereocenters. The molecule has 1 aliphatic rings. The molecule has 1 aromatic heterocycles. The van der Waals surface area contributed by atoms with E-state index in [-0.39, 0.29) is 18.9 Å². The van der Waals surface area contributed by atoms with Crippen molar-refractivity contribution < 1.29 is 23.5 Å². The summed E-state index contributed by atoms with van der Waals surface area (Å²) in [5.41, 5.74) is 1.42. The number of amides is 2. The largest absolute Gasteiger partial charge is 0.467 e. The maximum Gasteiger partial charge on any atom is 0.311 e. The first-order valence-corrected chi connectivity index (χ1v) is 8.83. The Morgan fingerprint density at radius 3 is 2.89 bits per heavy atom. The van der Waals surface area contributed by atoms with Crippen molar-refractivity contribution in [2.45, 2.75) is 19.9 Å². The predicted molar refractivity (Wildman–Crippen MR) is 98.0 cm³/mol. The Kier molecular flexibility index (Phi) is 5.81. The average molecular weight is 391 g/mol. The van der Waals surface area contributed by atoms with Crippen LogP contribution in [0.2, 0.25) is 5.02 Å². The predicted octanol–water partition coefficient (Wildman–Crippen LogP) is 2.77. The van der Waals surface area contributed by atoms with Crippen molar-refractivity contribution in [3.8, 4) is 0 Å². The summed E-state index contributed by atoms with van der Waals surface area (Å²) in [7, 11) is 0. The third-order valence-electron chi connectivity index (χ3n) is 4.22. The van der Waals surface area contributed by atoms with E-state index >= 15 is 0 Å². The van der Waals surface area contributed by atoms with Gasteiger partial charge in [0, 0.05) is 13.0 Å². The molecule has 1 saturated heterocycles. The molecule has 2 aromatic rings. The van der Waals surface area contributed by atoms with Crippen LogP contribution < -0.4 is 5.32 Å². The van der Waals surface area contributed by atoms with Crippen LogP contribution in [0, 0.1) is 12.8 Å². The van der Waals surface area contributed by atoms with Gasteiger partial charge in [0.05, 0.1) is 29.4 Å². The van der Waals surface area contributed by atoms with Crippen LogP contribution in [0.1, 0.15) is 17.7 Å². The molecule has 0 spiro atoms. The third kappa shape index (κ3) is 4.89. The topological polar surface area (TPSA) is 88.8 Å². The van der Waals surface area contributed by atoms with Gasteiger partial charge in [-0.05, 0) is 36.8 Å². The van der Waals surface area contributed by atoms with Crippen molar-refractivity contribution in [3.05, 3.63) is 52.9 Å². The summed E-state index contributed by atoms with van der Waals surface area (Å²) in [5, 5.41) is 3.00. The number of nitrogens with one attached hydrogen (secondary N) is 1. The molecule has 142 valence electrons. The van der Waals surface area contributed by atoms with Crippen LogP contribution in [0.25, 0.3) is 0 Å². The van der Waals surface area contributed by atoms with E-state index < -0.39 is 24.4 Å². The number of esters is 1. The van der Waals surface area contributed by atoms with Gasteiger partial charge in [0.2, 0.25) is 5.91 Å². The van der Waals surface area contributed by atoms with Crippen molar-refractivity contribution >= 4 is 35.1 Å². The number of nitrogens with zero attached hydrogens (tertiary/aromatic N) is 1. The van der Waals surface area contributed by atoms with Gasteiger partial charge >= 0.3 is 5.97 Å². The number of hydrogen-bond acceptors (Lipinski definition) is 5. The number of likely N-dealkylation sites (tertiary alicyclic amines) is 1. The van der Waals surface area contributed by atoms with Crippen molar-refractivity contribution in [2.24, 2.45) is 5.92 Å². The molecule has 8 heteroatoms. The molecule has 3 rings (SSSR count). The first-order chi connectivity index (χ1) is 12.9. The van der Waals surface area contributed by atoms with Gasteiger partial charge in [0.15, 0.2) is 6.61 Å². The second kappa shape index (κ2) is 8.26. The minimum atomic E-state index is -0.594. The van der Waals surface area contributed by atoms with Gasteiger partial charge in [0.25, 0.3) is 5.91 Å². The molecule has 2 heterocycles. The highest BCUT2D eigenvalue weighted by molar-refractivity contribution is 6.33. The number of hydrogen-bond donors (Lipinski definition) is 1. The van der Waals surface area contributed by atoms with Crippen LogP contribution >= 0.6 is 11.6 Å². The van der Waals surface area contributed by atoms with Crippen molar-refractivity contribution in [3.63, 3.8) is 0 Å². The van der Waals surface area contributed by atoms with Gasteiger partial charge in [-0.3, -0.25) is 14.4 Å². The van der Waals surface area contributed by atoms with Crippen molar-refractivity contribution in [1.82, 2.24) is 4.90 Å². The molecule has 0 unspecified atom stereocenters. The van der Waals surface area contributed by atoms with E-state index in [1.54, 1.807) is 24.3 Å². The Hall–Kier alpha value is -2.80. The zero-order valence-corrected chi connectivity index (χ0v) is 15.5. The lowest BCUT2D eigenvalue weighted by molar-refractivity contribution is -0.151. The van der Waals surface area contributed by atoms with E-state index in [2.05, 4.69) is 5.32 Å². The molecule has 1 fully saturated rings. The van der Waals surface area contributed by atoms with Gasteiger partial charge in [-0.15, -0.1) is 0 Å². The Labute approximate surface area is 161 Å². The SMILES string of the molecule is Cc1ccc(NC(=O)COC(=O)[C@@H]2CC(=O)N(Cc3ccco3)C2)c(Cl)c1. The monoisotopic (exact) mass is 390 g/mol. The lowest BCUT2D eigenvalue weighted by Crippen LogP contribution is -2.28. The molecule has 27 heavy (non-hydrogen) atoms. The molecule has 0 radical (unpaired) electrons. The van der Waals surface area contributed by atoms with Crippen LogP contribution in [-0.4, -0.2) is 35.8 Å². The van der Waals surface area contributed by atoms with Gasteiger partial charge in [-0.25, -0.2) is 0 Å². The molecule has 0 saturated carbocycles. The highest BCUT2D eigenvalue weighted by Gasteiger charge is 2.35. The molecule has 2 amide bonds. The number of rotatable bonds is 6. The van der Waals surface area contributed by atoms with E-state index in [0.29, 0.717) is 23.0 Å². The van der Waals surface area contributed by atoms with Crippen LogP contribution in [0.15, 0.2) is 41.0 Å². The standard InChI is InChI=1S/C19H19ClN2O5/c1-12-4-5-16(15(20)7-12)21-17(23)11-27-19(25)13-8-18(24)22(9-13)10-14-3-2-6-26-14/h2-7,13H,8-11H2,1H3,(H,21,23)/t13-/m1/s1. The Bertz CT molecular complexity index is 850. The highest BCUT2D eigenvalue weighted by atomic mass is 35.5. The summed E-state index contributed by atoms with van der Waals surface area (Å²) < 4.78 is 10.3. The summed E-state index contributed by atoms with van der Waals surface area (Å²) in [6.07, 6.45) is 1.59. The fourth-order valence-electron chi connectivity index (χ4n) is 2.84. The molecule has 0 bridgehead atoms. The van der Waals surface area contributed by atoms with E-state index in [0.717, 1.165) is 5.56 Å². The fourth-order valence-corrected chi connectivity index (χ4v) is 3.12. The van der Waals surface area contributed by atoms with Crippen molar-refractivity contribution in [1.29, 1.82) is 0 Å². The zero-order chi connectivity index (χ0) is 19.4. The summed E-state index contributed by atoms with van der Waals surface area (Å²) in [4.78, 5) is 37.7. The minimum absolute atomic E-state index is 0.0605. The maximum atomic E-state index is 12.2. The maximum absolute atomic E-state index is 12.2. The highest BCUT2D eigenvalue weighted by Crippen LogP contribution is 2.23. The lowest BCUT2D eigenvalue weighted by atomic mass is 10.1. The van der Waals surface area contributed by atoms with E-state index in [4.69, 9.17) is 20.8 Å². The third-order valence-corrected chi connectivity index (χ3v) is 4.53. The number of ether oxygens (including phenoxy) is 1. The number of halogens is 1. The smallest absolute Gasteiger partial charge is 0.311 e.